The van der Waals surface area contributed by atoms with Gasteiger partial charge in [0.25, 0.3) is 0 Å². The molecular weight excluding hydrogens is 258 g/mol. The molecule has 0 radical (unpaired) electrons. The Hall–Kier alpha value is -1.33. The topological polar surface area (TPSA) is 40.9 Å². The van der Waals surface area contributed by atoms with Crippen LogP contribution in [-0.4, -0.2) is 5.78 Å². The van der Waals surface area contributed by atoms with Crippen LogP contribution in [0.25, 0.3) is 0 Å². The number of hydrogen-bond donors (Lipinski definition) is 0. The molecule has 19 heavy (non-hydrogen) atoms. The van der Waals surface area contributed by atoms with Gasteiger partial charge in [-0.2, -0.15) is 5.26 Å². The number of nitriles is 1. The maximum atomic E-state index is 12.0. The van der Waals surface area contributed by atoms with Crippen molar-refractivity contribution in [3.8, 4) is 6.07 Å². The zero-order valence-electron chi connectivity index (χ0n) is 11.4. The molecule has 3 heteroatoms. The lowest BCUT2D eigenvalue weighted by Crippen LogP contribution is -2.10. The Morgan fingerprint density at radius 3 is 2.42 bits per heavy atom. The van der Waals surface area contributed by atoms with E-state index in [9.17, 15) is 4.79 Å². The quantitative estimate of drug-likeness (QED) is 0.636. The van der Waals surface area contributed by atoms with Gasteiger partial charge in [0.15, 0.2) is 5.78 Å². The Balaban J connectivity index is 2.49. The highest BCUT2D eigenvalue weighted by atomic mass is 35.5. The third-order valence-corrected chi connectivity index (χ3v) is 3.43. The smallest absolute Gasteiger partial charge is 0.154 e. The first-order valence-electron chi connectivity index (χ1n) is 6.86. The number of Topliss-reactive ketones (excluding diaryl/α,β-unsaturated/α-hetero) is 1. The number of ketones is 1. The Kier molecular flexibility index (Phi) is 7.22. The van der Waals surface area contributed by atoms with Crippen LogP contribution in [0.4, 0.5) is 0 Å². The number of carbonyl (C=O) groups excluding carboxylic acids is 1. The summed E-state index contributed by atoms with van der Waals surface area (Å²) in [6, 6.07) is 9.04. The number of hydrogen-bond acceptors (Lipinski definition) is 2. The van der Waals surface area contributed by atoms with E-state index < -0.39 is 5.92 Å². The highest BCUT2D eigenvalue weighted by Gasteiger charge is 2.19. The van der Waals surface area contributed by atoms with E-state index in [1.165, 1.54) is 19.3 Å². The SMILES string of the molecule is CCCCCCCC(=O)C(C#N)c1ccc(Cl)cc1. The van der Waals surface area contributed by atoms with Crippen molar-refractivity contribution in [3.63, 3.8) is 0 Å². The highest BCUT2D eigenvalue weighted by Crippen LogP contribution is 2.21. The van der Waals surface area contributed by atoms with E-state index in [0.29, 0.717) is 11.4 Å². The Bertz CT molecular complexity index is 433. The van der Waals surface area contributed by atoms with Gasteiger partial charge in [0.05, 0.1) is 6.07 Å². The lowest BCUT2D eigenvalue weighted by Gasteiger charge is -2.08. The van der Waals surface area contributed by atoms with E-state index in [-0.39, 0.29) is 5.78 Å². The summed E-state index contributed by atoms with van der Waals surface area (Å²) in [4.78, 5) is 12.0. The molecule has 0 heterocycles. The molecule has 0 aliphatic carbocycles. The second-order valence-electron chi connectivity index (χ2n) is 4.74. The van der Waals surface area contributed by atoms with Crippen molar-refractivity contribution in [3.05, 3.63) is 34.9 Å². The first-order valence-corrected chi connectivity index (χ1v) is 7.24. The van der Waals surface area contributed by atoms with Gasteiger partial charge in [-0.05, 0) is 24.1 Å². The molecule has 102 valence electrons. The lowest BCUT2D eigenvalue weighted by molar-refractivity contribution is -0.119. The molecule has 1 aromatic rings. The maximum absolute atomic E-state index is 12.0. The molecule has 0 fully saturated rings. The molecule has 2 nitrogen and oxygen atoms in total. The molecule has 0 amide bonds. The number of carbonyl (C=O) groups is 1. The van der Waals surface area contributed by atoms with E-state index in [1.807, 2.05) is 0 Å². The highest BCUT2D eigenvalue weighted by molar-refractivity contribution is 6.30. The minimum absolute atomic E-state index is 0.0151. The lowest BCUT2D eigenvalue weighted by atomic mass is 9.93. The largest absolute Gasteiger partial charge is 0.298 e. The second-order valence-corrected chi connectivity index (χ2v) is 5.18. The Morgan fingerprint density at radius 1 is 1.21 bits per heavy atom. The zero-order chi connectivity index (χ0) is 14.1. The summed E-state index contributed by atoms with van der Waals surface area (Å²) in [5, 5.41) is 9.77. The number of unbranched alkanes of at least 4 members (excludes halogenated alkanes) is 4. The predicted molar refractivity (Wildman–Crippen MR) is 78.2 cm³/mol. The van der Waals surface area contributed by atoms with Gasteiger partial charge in [0, 0.05) is 11.4 Å². The van der Waals surface area contributed by atoms with Gasteiger partial charge in [0.2, 0.25) is 0 Å². The van der Waals surface area contributed by atoms with Crippen LogP contribution in [0.15, 0.2) is 24.3 Å². The molecule has 0 saturated carbocycles. The van der Waals surface area contributed by atoms with Crippen molar-refractivity contribution in [2.45, 2.75) is 51.4 Å². The van der Waals surface area contributed by atoms with Gasteiger partial charge >= 0.3 is 0 Å². The van der Waals surface area contributed by atoms with Crippen LogP contribution in [-0.2, 0) is 4.79 Å². The van der Waals surface area contributed by atoms with Gasteiger partial charge in [-0.15, -0.1) is 0 Å². The van der Waals surface area contributed by atoms with Crippen molar-refractivity contribution in [1.82, 2.24) is 0 Å². The molecule has 0 N–H and O–H groups in total. The third-order valence-electron chi connectivity index (χ3n) is 3.18. The van der Waals surface area contributed by atoms with E-state index in [4.69, 9.17) is 16.9 Å². The zero-order valence-corrected chi connectivity index (χ0v) is 12.1. The van der Waals surface area contributed by atoms with Crippen molar-refractivity contribution in [1.29, 1.82) is 5.26 Å². The molecule has 0 aromatic heterocycles. The molecule has 1 aromatic carbocycles. The van der Waals surface area contributed by atoms with Crippen LogP contribution in [0, 0.1) is 11.3 Å². The summed E-state index contributed by atoms with van der Waals surface area (Å²) < 4.78 is 0. The summed E-state index contributed by atoms with van der Waals surface area (Å²) in [5.74, 6) is -0.634. The maximum Gasteiger partial charge on any atom is 0.154 e. The van der Waals surface area contributed by atoms with Crippen molar-refractivity contribution in [2.24, 2.45) is 0 Å². The number of halogens is 1. The third kappa shape index (κ3) is 5.44. The molecule has 0 bridgehead atoms. The monoisotopic (exact) mass is 277 g/mol. The fourth-order valence-electron chi connectivity index (χ4n) is 2.03. The predicted octanol–water partition coefficient (Wildman–Crippen LogP) is 4.88. The first kappa shape index (κ1) is 15.7. The molecule has 1 rings (SSSR count). The molecular formula is C16H20ClNO. The molecule has 0 aliphatic rings. The van der Waals surface area contributed by atoms with Crippen LogP contribution in [0.2, 0.25) is 5.02 Å². The summed E-state index contributed by atoms with van der Waals surface area (Å²) in [6.45, 7) is 2.16. The van der Waals surface area contributed by atoms with Gasteiger partial charge in [-0.3, -0.25) is 4.79 Å². The molecule has 0 saturated heterocycles. The van der Waals surface area contributed by atoms with Crippen LogP contribution < -0.4 is 0 Å². The van der Waals surface area contributed by atoms with Crippen LogP contribution in [0.1, 0.15) is 56.9 Å². The molecule has 1 atom stereocenters. The van der Waals surface area contributed by atoms with Gasteiger partial charge in [-0.1, -0.05) is 56.3 Å². The molecule has 0 aliphatic heterocycles. The van der Waals surface area contributed by atoms with Crippen LogP contribution >= 0.6 is 11.6 Å². The minimum atomic E-state index is -0.650. The van der Waals surface area contributed by atoms with Crippen molar-refractivity contribution >= 4 is 17.4 Å². The van der Waals surface area contributed by atoms with E-state index in [0.717, 1.165) is 18.4 Å². The number of nitrogens with zero attached hydrogens (tertiary/aromatic N) is 1. The first-order chi connectivity index (χ1) is 9.19. The second kappa shape index (κ2) is 8.72. The van der Waals surface area contributed by atoms with Crippen molar-refractivity contribution < 1.29 is 4.79 Å². The van der Waals surface area contributed by atoms with Crippen LogP contribution in [0.5, 0.6) is 0 Å². The molecule has 0 spiro atoms. The van der Waals surface area contributed by atoms with E-state index in [2.05, 4.69) is 13.0 Å². The normalized spacial score (nSPS) is 11.8. The van der Waals surface area contributed by atoms with E-state index >= 15 is 0 Å². The molecule has 1 unspecified atom stereocenters. The number of rotatable bonds is 8. The van der Waals surface area contributed by atoms with Gasteiger partial charge in [0.1, 0.15) is 5.92 Å². The average Bonchev–Trinajstić information content (AvgIpc) is 2.41. The average molecular weight is 278 g/mol. The fourth-order valence-corrected chi connectivity index (χ4v) is 2.16. The minimum Gasteiger partial charge on any atom is -0.298 e. The summed E-state index contributed by atoms with van der Waals surface area (Å²) in [7, 11) is 0. The van der Waals surface area contributed by atoms with Crippen LogP contribution in [0.3, 0.4) is 0 Å². The fraction of sp³-hybridized carbons (Fsp3) is 0.500. The summed E-state index contributed by atoms with van der Waals surface area (Å²) >= 11 is 5.80. The van der Waals surface area contributed by atoms with Gasteiger partial charge in [-0.25, -0.2) is 0 Å². The Morgan fingerprint density at radius 2 is 1.84 bits per heavy atom. The van der Waals surface area contributed by atoms with E-state index in [1.54, 1.807) is 24.3 Å². The van der Waals surface area contributed by atoms with Crippen molar-refractivity contribution in [2.75, 3.05) is 0 Å². The summed E-state index contributed by atoms with van der Waals surface area (Å²) in [6.07, 6.45) is 6.02. The number of benzene rings is 1. The summed E-state index contributed by atoms with van der Waals surface area (Å²) in [5.41, 5.74) is 0.741. The standard InChI is InChI=1S/C16H20ClNO/c1-2-3-4-5-6-7-16(19)15(12-18)13-8-10-14(17)11-9-13/h8-11,15H,2-7H2,1H3. The Labute approximate surface area is 120 Å². The van der Waals surface area contributed by atoms with Gasteiger partial charge < -0.3 is 0 Å².